The molecule has 19 rings (SSSR count). The molecule has 0 aliphatic carbocycles. The van der Waals surface area contributed by atoms with Crippen molar-refractivity contribution in [3.63, 3.8) is 0 Å². The molecule has 0 aliphatic rings. The largest absolute Gasteiger partial charge is 0.416 e. The molecule has 0 fully saturated rings. The minimum atomic E-state index is -4.76. The number of alkyl halides is 6. The summed E-state index contributed by atoms with van der Waals surface area (Å²) in [6.45, 7) is 0. The van der Waals surface area contributed by atoms with Crippen LogP contribution in [0.25, 0.3) is 165 Å². The van der Waals surface area contributed by atoms with Crippen LogP contribution < -0.4 is 0 Å². The van der Waals surface area contributed by atoms with E-state index in [1.807, 2.05) is 109 Å². The van der Waals surface area contributed by atoms with E-state index in [-0.39, 0.29) is 55.7 Å². The van der Waals surface area contributed by atoms with Gasteiger partial charge in [0.05, 0.1) is 100 Å². The summed E-state index contributed by atoms with van der Waals surface area (Å²) in [7, 11) is 0. The molecule has 0 radical (unpaired) electrons. The van der Waals surface area contributed by atoms with Gasteiger partial charge in [0.15, 0.2) is 0 Å². The predicted octanol–water partition coefficient (Wildman–Crippen LogP) is 22.1. The number of fused-ring (bicyclic) bond motifs is 20. The summed E-state index contributed by atoms with van der Waals surface area (Å²) in [5.74, 6) is 0. The summed E-state index contributed by atoms with van der Waals surface area (Å²) in [6, 6.07) is 87.6. The van der Waals surface area contributed by atoms with Gasteiger partial charge in [0, 0.05) is 76.0 Å². The lowest BCUT2D eigenvalue weighted by atomic mass is 9.98. The maximum Gasteiger partial charge on any atom is 0.416 e. The van der Waals surface area contributed by atoms with Gasteiger partial charge in [-0.1, -0.05) is 170 Å². The number of halogens is 6. The zero-order valence-electron chi connectivity index (χ0n) is 50.2. The van der Waals surface area contributed by atoms with Gasteiger partial charge in [0.25, 0.3) is 0 Å². The third kappa shape index (κ3) is 7.43. The number of benzene rings is 13. The lowest BCUT2D eigenvalue weighted by Gasteiger charge is -2.27. The van der Waals surface area contributed by atoms with Gasteiger partial charge in [-0.2, -0.15) is 36.9 Å². The van der Waals surface area contributed by atoms with Gasteiger partial charge < -0.3 is 27.4 Å². The quantitative estimate of drug-likeness (QED) is 0.156. The standard InChI is InChI=1S/C82H44F6N8/c83-81(84,85)47-35-41-71-61(43-47)55-27-11-15-31-67(55)93(71)77-63(45-89)79(95-69-33-17-9-25-53(69)59-39-37-57-51-23-7-13-29-65(51)91(73(57)75(59)95)49-19-3-1-4-20-49)80(64(46-90)78(77)94-68-32-16-12-28-56(68)62-44-48(82(86,87)88)36-42-72(62)94)96-70-34-18-10-26-54(70)60-40-38-58-52-24-8-14-30-66(52)92(74(58)76(60)96)50-21-5-2-6-22-50/h1-44H. The molecule has 13 aromatic carbocycles. The first kappa shape index (κ1) is 54.9. The fraction of sp³-hybridized carbons (Fsp3) is 0.0244. The molecule has 454 valence electrons. The maximum atomic E-state index is 15.2. The average Bonchev–Trinajstić information content (AvgIpc) is 1.59. The summed E-state index contributed by atoms with van der Waals surface area (Å²) in [5, 5.41) is 34.7. The Morgan fingerprint density at radius 3 is 0.771 bits per heavy atom. The second-order valence-electron chi connectivity index (χ2n) is 24.3. The molecular formula is C82H44F6N8. The van der Waals surface area contributed by atoms with Crippen LogP contribution in [0.3, 0.4) is 0 Å². The molecule has 0 amide bonds. The van der Waals surface area contributed by atoms with E-state index in [0.717, 1.165) is 101 Å². The second-order valence-corrected chi connectivity index (χ2v) is 24.3. The highest BCUT2D eigenvalue weighted by Gasteiger charge is 2.38. The van der Waals surface area contributed by atoms with Crippen LogP contribution in [-0.4, -0.2) is 27.4 Å². The molecule has 0 atom stereocenters. The van der Waals surface area contributed by atoms with Crippen LogP contribution in [0.15, 0.2) is 267 Å². The van der Waals surface area contributed by atoms with E-state index in [4.69, 9.17) is 0 Å². The van der Waals surface area contributed by atoms with Crippen molar-refractivity contribution in [3.05, 3.63) is 289 Å². The van der Waals surface area contributed by atoms with Crippen molar-refractivity contribution in [2.45, 2.75) is 12.4 Å². The first-order chi connectivity index (χ1) is 46.9. The summed E-state index contributed by atoms with van der Waals surface area (Å²) < 4.78 is 103. The monoisotopic (exact) mass is 1250 g/mol. The van der Waals surface area contributed by atoms with E-state index in [0.29, 0.717) is 43.9 Å². The van der Waals surface area contributed by atoms with Crippen molar-refractivity contribution in [1.82, 2.24) is 27.4 Å². The van der Waals surface area contributed by atoms with Crippen LogP contribution in [0, 0.1) is 22.7 Å². The van der Waals surface area contributed by atoms with Crippen LogP contribution >= 0.6 is 0 Å². The Morgan fingerprint density at radius 1 is 0.229 bits per heavy atom. The van der Waals surface area contributed by atoms with Gasteiger partial charge in [-0.25, -0.2) is 0 Å². The number of rotatable bonds is 6. The molecule has 0 saturated heterocycles. The molecule has 6 aromatic heterocycles. The van der Waals surface area contributed by atoms with Gasteiger partial charge in [-0.15, -0.1) is 0 Å². The molecule has 0 N–H and O–H groups in total. The van der Waals surface area contributed by atoms with E-state index >= 15 is 26.3 Å². The molecule has 0 unspecified atom stereocenters. The minimum absolute atomic E-state index is 0.0110. The topological polar surface area (TPSA) is 77.2 Å². The lowest BCUT2D eigenvalue weighted by molar-refractivity contribution is -0.138. The molecule has 0 bridgehead atoms. The van der Waals surface area contributed by atoms with Crippen molar-refractivity contribution in [3.8, 4) is 46.3 Å². The SMILES string of the molecule is N#Cc1c(-n2c3ccccc3c3cc(C(F)(F)F)ccc32)c(-n2c3ccccc3c3cc(C(F)(F)F)ccc32)c(C#N)c(-n2c3ccccc3c3ccc4c5ccccc5n(-c5ccccc5)c4c32)c1-n1c2ccccc2c2ccc3c4ccccc4n(-c4ccccc4)c3c21. The predicted molar refractivity (Wildman–Crippen MR) is 372 cm³/mol. The summed E-state index contributed by atoms with van der Waals surface area (Å²) in [6.07, 6.45) is -9.52. The van der Waals surface area contributed by atoms with Crippen LogP contribution in [0.1, 0.15) is 22.3 Å². The van der Waals surface area contributed by atoms with E-state index in [9.17, 15) is 10.5 Å². The normalized spacial score (nSPS) is 12.5. The molecule has 0 aliphatic heterocycles. The molecule has 0 spiro atoms. The van der Waals surface area contributed by atoms with Crippen molar-refractivity contribution in [1.29, 1.82) is 10.5 Å². The highest BCUT2D eigenvalue weighted by molar-refractivity contribution is 6.27. The zero-order valence-corrected chi connectivity index (χ0v) is 50.2. The lowest BCUT2D eigenvalue weighted by Crippen LogP contribution is -2.17. The fourth-order valence-electron chi connectivity index (χ4n) is 15.7. The zero-order chi connectivity index (χ0) is 64.6. The fourth-order valence-corrected chi connectivity index (χ4v) is 15.7. The van der Waals surface area contributed by atoms with Crippen molar-refractivity contribution in [2.75, 3.05) is 0 Å². The van der Waals surface area contributed by atoms with Gasteiger partial charge in [-0.05, 0) is 97.1 Å². The second kappa shape index (κ2) is 19.9. The first-order valence-corrected chi connectivity index (χ1v) is 31.2. The van der Waals surface area contributed by atoms with E-state index < -0.39 is 23.5 Å². The number of aromatic nitrogens is 6. The number of para-hydroxylation sites is 8. The molecular weight excluding hydrogens is 1210 g/mol. The Bertz CT molecular complexity index is 6290. The van der Waals surface area contributed by atoms with Crippen LogP contribution in [0.4, 0.5) is 26.3 Å². The van der Waals surface area contributed by atoms with Crippen LogP contribution in [0.2, 0.25) is 0 Å². The Hall–Kier alpha value is -12.8. The Labute approximate surface area is 540 Å². The van der Waals surface area contributed by atoms with Gasteiger partial charge >= 0.3 is 12.4 Å². The number of nitrogens with zero attached hydrogens (tertiary/aromatic N) is 8. The van der Waals surface area contributed by atoms with E-state index in [2.05, 4.69) is 103 Å². The van der Waals surface area contributed by atoms with E-state index in [1.165, 1.54) is 12.1 Å². The molecule has 19 aromatic rings. The summed E-state index contributed by atoms with van der Waals surface area (Å²) >= 11 is 0. The number of nitriles is 2. The highest BCUT2D eigenvalue weighted by atomic mass is 19.4. The van der Waals surface area contributed by atoms with Gasteiger partial charge in [0.1, 0.15) is 23.3 Å². The Morgan fingerprint density at radius 2 is 0.469 bits per heavy atom. The number of hydrogen-bond donors (Lipinski definition) is 0. The van der Waals surface area contributed by atoms with Crippen molar-refractivity contribution >= 4 is 131 Å². The number of hydrogen-bond acceptors (Lipinski definition) is 2. The van der Waals surface area contributed by atoms with E-state index in [1.54, 1.807) is 57.7 Å². The smallest absolute Gasteiger partial charge is 0.307 e. The molecule has 14 heteroatoms. The van der Waals surface area contributed by atoms with Crippen LogP contribution in [0.5, 0.6) is 0 Å². The van der Waals surface area contributed by atoms with Crippen molar-refractivity contribution in [2.24, 2.45) is 0 Å². The molecule has 96 heavy (non-hydrogen) atoms. The average molecular weight is 1260 g/mol. The third-order valence-corrected chi connectivity index (χ3v) is 19.5. The molecule has 0 saturated carbocycles. The molecule has 8 nitrogen and oxygen atoms in total. The maximum absolute atomic E-state index is 15.2. The molecule has 6 heterocycles. The first-order valence-electron chi connectivity index (χ1n) is 31.2. The summed E-state index contributed by atoms with van der Waals surface area (Å²) in [4.78, 5) is 0. The van der Waals surface area contributed by atoms with Gasteiger partial charge in [0.2, 0.25) is 0 Å². The van der Waals surface area contributed by atoms with Crippen molar-refractivity contribution < 1.29 is 26.3 Å². The summed E-state index contributed by atoms with van der Waals surface area (Å²) in [5.41, 5.74) is 7.91. The Kier molecular flexibility index (Phi) is 11.4. The third-order valence-electron chi connectivity index (χ3n) is 19.5. The minimum Gasteiger partial charge on any atom is -0.307 e. The Balaban J connectivity index is 1.14. The highest BCUT2D eigenvalue weighted by Crippen LogP contribution is 2.52. The van der Waals surface area contributed by atoms with Crippen LogP contribution in [-0.2, 0) is 12.4 Å². The van der Waals surface area contributed by atoms with Gasteiger partial charge in [-0.3, -0.25) is 0 Å².